The van der Waals surface area contributed by atoms with Crippen LogP contribution in [0.3, 0.4) is 0 Å². The summed E-state index contributed by atoms with van der Waals surface area (Å²) in [6.45, 7) is 2.29. The lowest BCUT2D eigenvalue weighted by atomic mass is 9.95. The fourth-order valence-electron chi connectivity index (χ4n) is 4.92. The topological polar surface area (TPSA) is 112 Å². The van der Waals surface area contributed by atoms with Crippen molar-refractivity contribution in [3.8, 4) is 17.2 Å². The first kappa shape index (κ1) is 26.2. The third-order valence-electron chi connectivity index (χ3n) is 6.85. The Bertz CT molecular complexity index is 1590. The number of halogens is 1. The zero-order chi connectivity index (χ0) is 27.7. The van der Waals surface area contributed by atoms with E-state index >= 15 is 0 Å². The Kier molecular flexibility index (Phi) is 7.21. The van der Waals surface area contributed by atoms with E-state index in [0.29, 0.717) is 34.9 Å². The summed E-state index contributed by atoms with van der Waals surface area (Å²) in [5, 5.41) is 23.0. The van der Waals surface area contributed by atoms with E-state index in [9.17, 15) is 19.8 Å². The Morgan fingerprint density at radius 2 is 1.85 bits per heavy atom. The van der Waals surface area contributed by atoms with E-state index in [-0.39, 0.29) is 29.4 Å². The highest BCUT2D eigenvalue weighted by Gasteiger charge is 2.46. The number of hydrogen-bond acceptors (Lipinski definition) is 6. The number of aromatic nitrogens is 1. The molecule has 0 spiro atoms. The van der Waals surface area contributed by atoms with E-state index in [4.69, 9.17) is 21.1 Å². The minimum absolute atomic E-state index is 0.0453. The second-order valence-electron chi connectivity index (χ2n) is 9.13. The molecule has 5 rings (SSSR count). The molecule has 1 amide bonds. The van der Waals surface area contributed by atoms with Crippen LogP contribution in [0.25, 0.3) is 16.7 Å². The Balaban J connectivity index is 1.58. The summed E-state index contributed by atoms with van der Waals surface area (Å²) in [6, 6.07) is 15.8. The Morgan fingerprint density at radius 1 is 1.08 bits per heavy atom. The highest BCUT2D eigenvalue weighted by atomic mass is 35.5. The van der Waals surface area contributed by atoms with E-state index in [1.165, 1.54) is 11.0 Å². The van der Waals surface area contributed by atoms with Crippen LogP contribution < -0.4 is 9.47 Å². The van der Waals surface area contributed by atoms with E-state index < -0.39 is 17.7 Å². The molecule has 200 valence electrons. The number of ketones is 1. The van der Waals surface area contributed by atoms with Crippen LogP contribution in [-0.4, -0.2) is 52.0 Å². The largest absolute Gasteiger partial charge is 0.507 e. The van der Waals surface area contributed by atoms with Gasteiger partial charge in [-0.3, -0.25) is 9.59 Å². The number of aliphatic hydroxyl groups excluding tert-OH is 1. The van der Waals surface area contributed by atoms with Gasteiger partial charge in [-0.1, -0.05) is 17.7 Å². The zero-order valence-corrected chi connectivity index (χ0v) is 22.2. The van der Waals surface area contributed by atoms with Crippen LogP contribution in [0.4, 0.5) is 0 Å². The molecule has 1 saturated heterocycles. The van der Waals surface area contributed by atoms with Crippen molar-refractivity contribution in [3.63, 3.8) is 0 Å². The number of hydrogen-bond donors (Lipinski definition) is 3. The van der Waals surface area contributed by atoms with E-state index in [1.54, 1.807) is 50.4 Å². The van der Waals surface area contributed by atoms with Crippen molar-refractivity contribution in [2.24, 2.45) is 0 Å². The average Bonchev–Trinajstić information content (AvgIpc) is 3.46. The van der Waals surface area contributed by atoms with Crippen molar-refractivity contribution in [2.75, 3.05) is 20.3 Å². The first-order chi connectivity index (χ1) is 18.8. The number of amides is 1. The maximum absolute atomic E-state index is 13.4. The van der Waals surface area contributed by atoms with Gasteiger partial charge in [0.15, 0.2) is 11.5 Å². The molecule has 1 aliphatic heterocycles. The number of rotatable bonds is 8. The molecule has 0 radical (unpaired) electrons. The fourth-order valence-corrected chi connectivity index (χ4v) is 5.05. The normalized spacial score (nSPS) is 16.7. The smallest absolute Gasteiger partial charge is 0.295 e. The summed E-state index contributed by atoms with van der Waals surface area (Å²) in [4.78, 5) is 31.4. The van der Waals surface area contributed by atoms with E-state index in [2.05, 4.69) is 4.98 Å². The standard InChI is InChI=1S/C30H27ClN2O6/c1-3-39-25-14-18(6-11-24(25)34)27-26(28(35)17-4-7-20(31)8-5-17)29(36)30(37)33(27)13-12-19-16-32-23-10-9-21(38-2)15-22(19)23/h4-11,14-16,27,32,34-35H,3,12-13H2,1-2H3/t27-/m0/s1. The maximum Gasteiger partial charge on any atom is 0.295 e. The molecule has 9 heteroatoms. The molecule has 0 saturated carbocycles. The molecular weight excluding hydrogens is 520 g/mol. The van der Waals surface area contributed by atoms with Crippen LogP contribution in [0.2, 0.25) is 5.02 Å². The number of nitrogens with zero attached hydrogens (tertiary/aromatic N) is 1. The van der Waals surface area contributed by atoms with Gasteiger partial charge in [-0.25, -0.2) is 0 Å². The quantitative estimate of drug-likeness (QED) is 0.151. The molecular formula is C30H27ClN2O6. The number of methoxy groups -OCH3 is 1. The number of carbonyl (C=O) groups is 2. The van der Waals surface area contributed by atoms with Crippen molar-refractivity contribution < 1.29 is 29.3 Å². The SMILES string of the molecule is CCOc1cc([C@H]2C(=C(O)c3ccc(Cl)cc3)C(=O)C(=O)N2CCc2c[nH]c3ccc(OC)cc23)ccc1O. The molecule has 1 fully saturated rings. The molecule has 2 heterocycles. The monoisotopic (exact) mass is 546 g/mol. The van der Waals surface area contributed by atoms with Crippen LogP contribution in [0.5, 0.6) is 17.2 Å². The molecule has 3 aromatic carbocycles. The average molecular weight is 547 g/mol. The molecule has 0 unspecified atom stereocenters. The van der Waals surface area contributed by atoms with Crippen molar-refractivity contribution in [2.45, 2.75) is 19.4 Å². The van der Waals surface area contributed by atoms with E-state index in [1.807, 2.05) is 24.4 Å². The lowest BCUT2D eigenvalue weighted by Gasteiger charge is -2.26. The third kappa shape index (κ3) is 4.91. The predicted octanol–water partition coefficient (Wildman–Crippen LogP) is 5.60. The first-order valence-corrected chi connectivity index (χ1v) is 12.8. The second-order valence-corrected chi connectivity index (χ2v) is 9.57. The van der Waals surface area contributed by atoms with Gasteiger partial charge in [0.05, 0.1) is 25.3 Å². The van der Waals surface area contributed by atoms with Crippen molar-refractivity contribution in [1.29, 1.82) is 0 Å². The van der Waals surface area contributed by atoms with Gasteiger partial charge in [-0.05, 0) is 79.1 Å². The molecule has 39 heavy (non-hydrogen) atoms. The summed E-state index contributed by atoms with van der Waals surface area (Å²) >= 11 is 6.01. The number of nitrogens with one attached hydrogen (secondary N) is 1. The fraction of sp³-hybridized carbons (Fsp3) is 0.200. The number of phenolic OH excluding ortho intramolecular Hbond substituents is 1. The zero-order valence-electron chi connectivity index (χ0n) is 21.4. The lowest BCUT2D eigenvalue weighted by Crippen LogP contribution is -2.31. The summed E-state index contributed by atoms with van der Waals surface area (Å²) in [5.41, 5.74) is 2.70. The highest BCUT2D eigenvalue weighted by Crippen LogP contribution is 2.42. The van der Waals surface area contributed by atoms with Gasteiger partial charge in [-0.15, -0.1) is 0 Å². The molecule has 1 aliphatic rings. The number of aromatic hydroxyl groups is 1. The first-order valence-electron chi connectivity index (χ1n) is 12.5. The van der Waals surface area contributed by atoms with Crippen LogP contribution in [0, 0.1) is 0 Å². The lowest BCUT2D eigenvalue weighted by molar-refractivity contribution is -0.139. The van der Waals surface area contributed by atoms with Crippen molar-refractivity contribution in [1.82, 2.24) is 9.88 Å². The van der Waals surface area contributed by atoms with Gasteiger partial charge in [-0.2, -0.15) is 0 Å². The van der Waals surface area contributed by atoms with Crippen LogP contribution in [0.1, 0.15) is 29.7 Å². The van der Waals surface area contributed by atoms with Gasteiger partial charge < -0.3 is 29.6 Å². The van der Waals surface area contributed by atoms with Gasteiger partial charge in [0.1, 0.15) is 11.5 Å². The van der Waals surface area contributed by atoms with Gasteiger partial charge in [0.2, 0.25) is 0 Å². The summed E-state index contributed by atoms with van der Waals surface area (Å²) in [5.74, 6) is -0.962. The Morgan fingerprint density at radius 3 is 2.56 bits per heavy atom. The molecule has 1 atom stereocenters. The molecule has 0 aliphatic carbocycles. The number of H-pyrrole nitrogens is 1. The van der Waals surface area contributed by atoms with Gasteiger partial charge in [0.25, 0.3) is 11.7 Å². The van der Waals surface area contributed by atoms with Crippen LogP contribution in [-0.2, 0) is 16.0 Å². The summed E-state index contributed by atoms with van der Waals surface area (Å²) < 4.78 is 10.9. The number of aromatic amines is 1. The van der Waals surface area contributed by atoms with Crippen LogP contribution >= 0.6 is 11.6 Å². The number of likely N-dealkylation sites (tertiary alicyclic amines) is 1. The minimum Gasteiger partial charge on any atom is -0.507 e. The molecule has 4 aromatic rings. The number of fused-ring (bicyclic) bond motifs is 1. The number of Topliss-reactive ketones (excluding diaryl/α,β-unsaturated/α-hetero) is 1. The second kappa shape index (κ2) is 10.7. The number of aliphatic hydroxyl groups is 1. The Labute approximate surface area is 230 Å². The number of carbonyl (C=O) groups excluding carboxylic acids is 2. The van der Waals surface area contributed by atoms with Crippen LogP contribution in [0.15, 0.2) is 72.4 Å². The molecule has 3 N–H and O–H groups in total. The third-order valence-corrected chi connectivity index (χ3v) is 7.11. The number of benzene rings is 3. The molecule has 0 bridgehead atoms. The van der Waals surface area contributed by atoms with Crippen molar-refractivity contribution in [3.05, 3.63) is 94.1 Å². The summed E-state index contributed by atoms with van der Waals surface area (Å²) in [6.07, 6.45) is 2.31. The van der Waals surface area contributed by atoms with Gasteiger partial charge >= 0.3 is 0 Å². The number of ether oxygens (including phenoxy) is 2. The molecule has 8 nitrogen and oxygen atoms in total. The predicted molar refractivity (Wildman–Crippen MR) is 148 cm³/mol. The van der Waals surface area contributed by atoms with Gasteiger partial charge in [0, 0.05) is 34.2 Å². The highest BCUT2D eigenvalue weighted by molar-refractivity contribution is 6.46. The van der Waals surface area contributed by atoms with Crippen molar-refractivity contribution >= 4 is 40.0 Å². The maximum atomic E-state index is 13.4. The Hall–Kier alpha value is -4.43. The minimum atomic E-state index is -0.903. The number of phenols is 1. The molecule has 1 aromatic heterocycles. The summed E-state index contributed by atoms with van der Waals surface area (Å²) in [7, 11) is 1.60. The van der Waals surface area contributed by atoms with E-state index in [0.717, 1.165) is 16.5 Å².